The fraction of sp³-hybridized carbons (Fsp3) is 0.696. The van der Waals surface area contributed by atoms with Crippen molar-refractivity contribution in [2.24, 2.45) is 11.8 Å². The number of hydrogen-bond acceptors (Lipinski definition) is 14. The van der Waals surface area contributed by atoms with Gasteiger partial charge < -0.3 is 53.3 Å². The summed E-state index contributed by atoms with van der Waals surface area (Å²) in [6.07, 6.45) is 5.40. The van der Waals surface area contributed by atoms with E-state index in [4.69, 9.17) is 52.4 Å². The van der Waals surface area contributed by atoms with Crippen LogP contribution in [0.2, 0.25) is 0 Å². The highest BCUT2D eigenvalue weighted by atomic mass is 17.3. The molecule has 6 atom stereocenters. The summed E-state index contributed by atoms with van der Waals surface area (Å²) in [7, 11) is 1.65. The maximum Gasteiger partial charge on any atom is 0.319 e. The number of likely N-dealkylation sites (tertiary alicyclic amines) is 1. The number of benzene rings is 2. The molecule has 5 fully saturated rings. The molecule has 2 bridgehead atoms. The molecule has 2 amide bonds. The van der Waals surface area contributed by atoms with Crippen molar-refractivity contribution in [2.45, 2.75) is 89.1 Å². The number of nitrogens with zero attached hydrogens (tertiary/aromatic N) is 1. The molecule has 0 aliphatic carbocycles. The first-order valence-electron chi connectivity index (χ1n) is 22.5. The Morgan fingerprint density at radius 3 is 1.90 bits per heavy atom. The van der Waals surface area contributed by atoms with Gasteiger partial charge in [0.2, 0.25) is 12.1 Å². The van der Waals surface area contributed by atoms with Gasteiger partial charge in [0.25, 0.3) is 0 Å². The van der Waals surface area contributed by atoms with Crippen LogP contribution in [-0.4, -0.2) is 147 Å². The summed E-state index contributed by atoms with van der Waals surface area (Å²) in [4.78, 5) is 39.8. The number of methoxy groups -OCH3 is 1. The van der Waals surface area contributed by atoms with Gasteiger partial charge in [-0.25, -0.2) is 14.6 Å². The van der Waals surface area contributed by atoms with Gasteiger partial charge in [-0.1, -0.05) is 56.2 Å². The smallest absolute Gasteiger partial charge is 0.319 e. The van der Waals surface area contributed by atoms with Crippen molar-refractivity contribution in [3.63, 3.8) is 0 Å². The van der Waals surface area contributed by atoms with Crippen molar-refractivity contribution in [3.05, 3.63) is 54.1 Å². The van der Waals surface area contributed by atoms with Crippen LogP contribution in [-0.2, 0) is 63.7 Å². The first kappa shape index (κ1) is 48.2. The molecule has 5 saturated heterocycles. The third-order valence-corrected chi connectivity index (χ3v) is 12.0. The number of nitrogens with one attached hydrogen (secondary N) is 2. The number of piperidine rings is 1. The van der Waals surface area contributed by atoms with Crippen molar-refractivity contribution in [3.8, 4) is 11.1 Å². The second-order valence-corrected chi connectivity index (χ2v) is 16.5. The van der Waals surface area contributed by atoms with E-state index in [9.17, 15) is 9.59 Å². The number of fused-ring (bicyclic) bond motifs is 2. The van der Waals surface area contributed by atoms with Crippen molar-refractivity contribution in [1.82, 2.24) is 10.2 Å². The second-order valence-electron chi connectivity index (χ2n) is 16.5. The number of urea groups is 1. The zero-order valence-electron chi connectivity index (χ0n) is 36.9. The van der Waals surface area contributed by atoms with Crippen LogP contribution in [0.25, 0.3) is 11.1 Å². The second kappa shape index (κ2) is 25.3. The topological polar surface area (TPSA) is 163 Å². The molecule has 62 heavy (non-hydrogen) atoms. The quantitative estimate of drug-likeness (QED) is 0.0580. The molecular weight excluding hydrogens is 803 g/mol. The highest BCUT2D eigenvalue weighted by molar-refractivity contribution is 5.89. The minimum absolute atomic E-state index is 0.0121. The van der Waals surface area contributed by atoms with E-state index >= 15 is 0 Å². The number of esters is 1. The summed E-state index contributed by atoms with van der Waals surface area (Å²) < 4.78 is 50.0. The number of unbranched alkanes of at least 4 members (excludes halogenated alkanes) is 3. The number of carbonyl (C=O) groups is 2. The van der Waals surface area contributed by atoms with E-state index in [0.29, 0.717) is 98.9 Å². The Balaban J connectivity index is 0.762. The molecule has 7 rings (SSSR count). The Bertz CT molecular complexity index is 1620. The molecule has 2 N–H and O–H groups in total. The predicted octanol–water partition coefficient (Wildman–Crippen LogP) is 5.72. The molecule has 346 valence electrons. The highest BCUT2D eigenvalue weighted by Gasteiger charge is 2.70. The van der Waals surface area contributed by atoms with Crippen LogP contribution >= 0.6 is 0 Å². The molecule has 5 aliphatic heterocycles. The minimum atomic E-state index is -0.940. The Hall–Kier alpha value is -3.26. The number of anilines is 1. The molecule has 2 aromatic rings. The first-order chi connectivity index (χ1) is 30.3. The van der Waals surface area contributed by atoms with Gasteiger partial charge >= 0.3 is 12.0 Å². The van der Waals surface area contributed by atoms with Crippen LogP contribution in [0, 0.1) is 11.8 Å². The molecule has 5 aliphatic rings. The Morgan fingerprint density at radius 1 is 0.726 bits per heavy atom. The largest absolute Gasteiger partial charge is 0.432 e. The summed E-state index contributed by atoms with van der Waals surface area (Å²) in [5, 5.41) is 5.89. The van der Waals surface area contributed by atoms with E-state index in [1.165, 1.54) is 5.56 Å². The van der Waals surface area contributed by atoms with E-state index < -0.39 is 17.7 Å². The van der Waals surface area contributed by atoms with Gasteiger partial charge in [-0.2, -0.15) is 0 Å². The normalized spacial score (nSPS) is 25.6. The van der Waals surface area contributed by atoms with Crippen molar-refractivity contribution in [1.29, 1.82) is 0 Å². The van der Waals surface area contributed by atoms with E-state index in [1.54, 1.807) is 7.11 Å². The van der Waals surface area contributed by atoms with Crippen LogP contribution < -0.4 is 10.6 Å². The zero-order chi connectivity index (χ0) is 43.5. The number of ether oxygens (including phenoxy) is 9. The molecule has 16 heteroatoms. The lowest BCUT2D eigenvalue weighted by Gasteiger charge is -2.58. The van der Waals surface area contributed by atoms with Gasteiger partial charge in [-0.05, 0) is 68.0 Å². The molecule has 0 unspecified atom stereocenters. The maximum absolute atomic E-state index is 12.7. The fourth-order valence-electron chi connectivity index (χ4n) is 8.62. The fourth-order valence-corrected chi connectivity index (χ4v) is 8.62. The summed E-state index contributed by atoms with van der Waals surface area (Å²) in [5.74, 6) is -1.50. The van der Waals surface area contributed by atoms with E-state index in [-0.39, 0.29) is 29.9 Å². The van der Waals surface area contributed by atoms with Gasteiger partial charge in [-0.15, -0.1) is 0 Å². The van der Waals surface area contributed by atoms with Crippen LogP contribution in [0.3, 0.4) is 0 Å². The lowest BCUT2D eigenvalue weighted by Crippen LogP contribution is -2.74. The van der Waals surface area contributed by atoms with Crippen molar-refractivity contribution in [2.75, 3.05) is 111 Å². The van der Waals surface area contributed by atoms with E-state index in [1.807, 2.05) is 38.1 Å². The van der Waals surface area contributed by atoms with Crippen LogP contribution in [0.1, 0.15) is 64.4 Å². The van der Waals surface area contributed by atoms with Crippen LogP contribution in [0.5, 0.6) is 0 Å². The first-order valence-corrected chi connectivity index (χ1v) is 22.5. The zero-order valence-corrected chi connectivity index (χ0v) is 36.9. The average Bonchev–Trinajstić information content (AvgIpc) is 3.51. The molecule has 1 spiro atoms. The lowest BCUT2D eigenvalue weighted by atomic mass is 9.67. The molecule has 0 saturated carbocycles. The average molecular weight is 872 g/mol. The standard InChI is InChI=1S/C46H69N3O13/c1-35-40-17-20-49(41-16-18-45(2)60-43(59-42(35)50)46(40,41)62-61-45)34-36-8-10-37(11-9-36)38-12-14-39(15-13-38)48-44(51)47-19-6-4-5-7-21-53-24-25-55-28-29-57-32-33-58-31-30-56-27-26-54-23-22-52-3/h8-15,35,40-41,43H,4-7,16-34H2,1-3H3,(H2,47,48,51)/t35-,40+,41-,43-,45-,46+/m1/s1. The molecule has 0 aromatic heterocycles. The van der Waals surface area contributed by atoms with Gasteiger partial charge in [0, 0.05) is 50.9 Å². The van der Waals surface area contributed by atoms with Crippen molar-refractivity contribution >= 4 is 17.7 Å². The number of rotatable bonds is 29. The van der Waals surface area contributed by atoms with Gasteiger partial charge in [0.15, 0.2) is 5.60 Å². The summed E-state index contributed by atoms with van der Waals surface area (Å²) >= 11 is 0. The Labute approximate surface area is 366 Å². The molecular formula is C46H69N3O13. The Morgan fingerprint density at radius 2 is 1.29 bits per heavy atom. The number of carbonyl (C=O) groups excluding carboxylic acids is 2. The molecule has 2 aromatic carbocycles. The summed E-state index contributed by atoms with van der Waals surface area (Å²) in [6.45, 7) is 13.2. The monoisotopic (exact) mass is 871 g/mol. The SMILES string of the molecule is COCCOCCOCCOCCOCCOCCOCCCCCCNC(=O)Nc1ccc(-c2ccc(CN3CC[C@H]4[C@@H](C)C(=O)O[C@@H]5O[C@@]6(C)CC[C@@H]3[C@]54OO6)cc2)cc1. The third-order valence-electron chi connectivity index (χ3n) is 12.0. The molecule has 16 nitrogen and oxygen atoms in total. The molecule has 5 heterocycles. The van der Waals surface area contributed by atoms with Gasteiger partial charge in [0.1, 0.15) is 0 Å². The predicted molar refractivity (Wildman–Crippen MR) is 229 cm³/mol. The minimum Gasteiger partial charge on any atom is -0.432 e. The van der Waals surface area contributed by atoms with Crippen LogP contribution in [0.4, 0.5) is 10.5 Å². The van der Waals surface area contributed by atoms with E-state index in [0.717, 1.165) is 68.4 Å². The molecule has 0 radical (unpaired) electrons. The number of amides is 2. The third kappa shape index (κ3) is 13.9. The van der Waals surface area contributed by atoms with Crippen molar-refractivity contribution < 1.29 is 62.0 Å². The highest BCUT2D eigenvalue weighted by Crippen LogP contribution is 2.55. The number of hydrogen-bond donors (Lipinski definition) is 2. The van der Waals surface area contributed by atoms with Crippen LogP contribution in [0.15, 0.2) is 48.5 Å². The Kier molecular flexibility index (Phi) is 19.7. The maximum atomic E-state index is 12.7. The van der Waals surface area contributed by atoms with Gasteiger partial charge in [-0.3, -0.25) is 9.69 Å². The summed E-state index contributed by atoms with van der Waals surface area (Å²) in [5.41, 5.74) is 3.23. The van der Waals surface area contributed by atoms with E-state index in [2.05, 4.69) is 39.8 Å². The lowest BCUT2D eigenvalue weighted by molar-refractivity contribution is -0.557. The summed E-state index contributed by atoms with van der Waals surface area (Å²) in [6, 6.07) is 16.3. The van der Waals surface area contributed by atoms with Gasteiger partial charge in [0.05, 0.1) is 85.2 Å².